The quantitative estimate of drug-likeness (QED) is 0.721. The number of nitrogens with zero attached hydrogens (tertiary/aromatic N) is 1. The standard InChI is InChI=1S/C10H19N3O2/c1-10(2,3)15-9-12-6-7(14-5)8(11)13(9)4/h6,9,11-12H,1-5H3. The minimum absolute atomic E-state index is 0.259. The number of amidine groups is 1. The third kappa shape index (κ3) is 2.86. The molecule has 1 aliphatic heterocycles. The van der Waals surface area contributed by atoms with Crippen molar-refractivity contribution in [2.24, 2.45) is 0 Å². The molecule has 5 nitrogen and oxygen atoms in total. The highest BCUT2D eigenvalue weighted by atomic mass is 16.5. The maximum Gasteiger partial charge on any atom is 0.209 e. The van der Waals surface area contributed by atoms with Crippen molar-refractivity contribution < 1.29 is 9.47 Å². The first-order chi connectivity index (χ1) is 6.85. The molecule has 0 amide bonds. The highest BCUT2D eigenvalue weighted by Gasteiger charge is 2.28. The molecule has 1 unspecified atom stereocenters. The third-order valence-electron chi connectivity index (χ3n) is 1.98. The van der Waals surface area contributed by atoms with Crippen molar-refractivity contribution in [3.05, 3.63) is 12.0 Å². The van der Waals surface area contributed by atoms with E-state index in [-0.39, 0.29) is 12.0 Å². The predicted octanol–water partition coefficient (Wildman–Crippen LogP) is 1.09. The first-order valence-corrected chi connectivity index (χ1v) is 4.85. The number of hydrogen-bond donors (Lipinski definition) is 2. The van der Waals surface area contributed by atoms with Crippen LogP contribution in [0, 0.1) is 5.41 Å². The highest BCUT2D eigenvalue weighted by molar-refractivity contribution is 5.94. The lowest BCUT2D eigenvalue weighted by Crippen LogP contribution is -2.53. The second kappa shape index (κ2) is 4.10. The van der Waals surface area contributed by atoms with E-state index in [1.165, 1.54) is 0 Å². The van der Waals surface area contributed by atoms with Crippen LogP contribution in [0.15, 0.2) is 12.0 Å². The van der Waals surface area contributed by atoms with E-state index < -0.39 is 0 Å². The maximum atomic E-state index is 7.80. The van der Waals surface area contributed by atoms with Crippen LogP contribution in [0.5, 0.6) is 0 Å². The van der Waals surface area contributed by atoms with Crippen LogP contribution in [-0.4, -0.2) is 36.8 Å². The van der Waals surface area contributed by atoms with Crippen molar-refractivity contribution in [3.8, 4) is 0 Å². The summed E-state index contributed by atoms with van der Waals surface area (Å²) in [6, 6.07) is 0. The van der Waals surface area contributed by atoms with Crippen LogP contribution in [0.4, 0.5) is 0 Å². The fraction of sp³-hybridized carbons (Fsp3) is 0.700. The summed E-state index contributed by atoms with van der Waals surface area (Å²) in [5.41, 5.74) is -0.259. The van der Waals surface area contributed by atoms with Crippen LogP contribution >= 0.6 is 0 Å². The molecular formula is C10H19N3O2. The van der Waals surface area contributed by atoms with Gasteiger partial charge >= 0.3 is 0 Å². The van der Waals surface area contributed by atoms with E-state index in [1.807, 2.05) is 20.8 Å². The number of likely N-dealkylation sites (N-methyl/N-ethyl adjacent to an activating group) is 1. The number of nitrogens with one attached hydrogen (secondary N) is 2. The Morgan fingerprint density at radius 1 is 1.47 bits per heavy atom. The zero-order valence-corrected chi connectivity index (χ0v) is 9.92. The van der Waals surface area contributed by atoms with Gasteiger partial charge in [0, 0.05) is 13.2 Å². The van der Waals surface area contributed by atoms with E-state index in [9.17, 15) is 0 Å². The number of ether oxygens (including phenoxy) is 2. The fourth-order valence-electron chi connectivity index (χ4n) is 1.22. The molecule has 86 valence electrons. The first kappa shape index (κ1) is 11.8. The number of rotatable bonds is 2. The van der Waals surface area contributed by atoms with E-state index >= 15 is 0 Å². The molecule has 0 aromatic rings. The lowest BCUT2D eigenvalue weighted by atomic mass is 10.2. The van der Waals surface area contributed by atoms with Gasteiger partial charge in [-0.25, -0.2) is 0 Å². The molecule has 0 fully saturated rings. The Labute approximate surface area is 90.6 Å². The van der Waals surface area contributed by atoms with Gasteiger partial charge in [-0.1, -0.05) is 0 Å². The van der Waals surface area contributed by atoms with Gasteiger partial charge in [-0.3, -0.25) is 5.41 Å². The summed E-state index contributed by atoms with van der Waals surface area (Å²) in [7, 11) is 3.33. The van der Waals surface area contributed by atoms with Gasteiger partial charge in [-0.05, 0) is 20.8 Å². The summed E-state index contributed by atoms with van der Waals surface area (Å²) in [4.78, 5) is 1.68. The molecule has 0 aliphatic carbocycles. The van der Waals surface area contributed by atoms with Crippen molar-refractivity contribution in [3.63, 3.8) is 0 Å². The molecule has 5 heteroatoms. The lowest BCUT2D eigenvalue weighted by Gasteiger charge is -2.37. The molecule has 0 aromatic heterocycles. The van der Waals surface area contributed by atoms with Gasteiger partial charge in [0.2, 0.25) is 6.35 Å². The molecule has 0 aromatic carbocycles. The van der Waals surface area contributed by atoms with Crippen molar-refractivity contribution in [2.45, 2.75) is 32.7 Å². The minimum Gasteiger partial charge on any atom is -0.491 e. The molecule has 0 spiro atoms. The molecule has 1 atom stereocenters. The SMILES string of the molecule is COC1=CNC(OC(C)(C)C)N(C)C1=N. The summed E-state index contributed by atoms with van der Waals surface area (Å²) in [6.07, 6.45) is 1.33. The van der Waals surface area contributed by atoms with E-state index in [0.29, 0.717) is 11.6 Å². The Kier molecular flexibility index (Phi) is 3.24. The van der Waals surface area contributed by atoms with Crippen LogP contribution in [0.3, 0.4) is 0 Å². The predicted molar refractivity (Wildman–Crippen MR) is 58.3 cm³/mol. The van der Waals surface area contributed by atoms with Gasteiger partial charge in [0.25, 0.3) is 0 Å². The molecule has 0 saturated carbocycles. The zero-order valence-electron chi connectivity index (χ0n) is 9.92. The molecule has 15 heavy (non-hydrogen) atoms. The van der Waals surface area contributed by atoms with Crippen LogP contribution in [0.2, 0.25) is 0 Å². The highest BCUT2D eigenvalue weighted by Crippen LogP contribution is 2.16. The van der Waals surface area contributed by atoms with Crippen LogP contribution in [0.25, 0.3) is 0 Å². The summed E-state index contributed by atoms with van der Waals surface area (Å²) in [6.45, 7) is 5.92. The molecule has 0 bridgehead atoms. The molecule has 2 N–H and O–H groups in total. The fourth-order valence-corrected chi connectivity index (χ4v) is 1.22. The van der Waals surface area contributed by atoms with Crippen molar-refractivity contribution in [2.75, 3.05) is 14.2 Å². The smallest absolute Gasteiger partial charge is 0.209 e. The van der Waals surface area contributed by atoms with Gasteiger partial charge in [0.05, 0.1) is 12.7 Å². The summed E-state index contributed by atoms with van der Waals surface area (Å²) < 4.78 is 10.8. The van der Waals surface area contributed by atoms with Gasteiger partial charge in [0.1, 0.15) is 0 Å². The van der Waals surface area contributed by atoms with Gasteiger partial charge < -0.3 is 19.7 Å². The average Bonchev–Trinajstić information content (AvgIpc) is 2.11. The van der Waals surface area contributed by atoms with E-state index in [4.69, 9.17) is 14.9 Å². The topological polar surface area (TPSA) is 57.6 Å². The number of hydrogen-bond acceptors (Lipinski definition) is 4. The van der Waals surface area contributed by atoms with Crippen molar-refractivity contribution in [1.29, 1.82) is 5.41 Å². The summed E-state index contributed by atoms with van der Waals surface area (Å²) in [5, 5.41) is 10.8. The Balaban J connectivity index is 2.73. The first-order valence-electron chi connectivity index (χ1n) is 4.85. The summed E-state index contributed by atoms with van der Waals surface area (Å²) in [5.74, 6) is 0.816. The Morgan fingerprint density at radius 2 is 2.07 bits per heavy atom. The monoisotopic (exact) mass is 213 g/mol. The molecule has 1 rings (SSSR count). The van der Waals surface area contributed by atoms with Gasteiger partial charge in [-0.2, -0.15) is 0 Å². The normalized spacial score (nSPS) is 22.2. The van der Waals surface area contributed by atoms with Crippen LogP contribution in [0.1, 0.15) is 20.8 Å². The van der Waals surface area contributed by atoms with Crippen LogP contribution in [-0.2, 0) is 9.47 Å². The minimum atomic E-state index is -0.323. The summed E-state index contributed by atoms with van der Waals surface area (Å²) >= 11 is 0. The van der Waals surface area contributed by atoms with Crippen molar-refractivity contribution >= 4 is 5.84 Å². The third-order valence-corrected chi connectivity index (χ3v) is 1.98. The Morgan fingerprint density at radius 3 is 2.53 bits per heavy atom. The second-order valence-electron chi connectivity index (χ2n) is 4.42. The Hall–Kier alpha value is -1.23. The molecule has 0 saturated heterocycles. The average molecular weight is 213 g/mol. The molecule has 1 heterocycles. The largest absolute Gasteiger partial charge is 0.491 e. The van der Waals surface area contributed by atoms with Crippen molar-refractivity contribution in [1.82, 2.24) is 10.2 Å². The lowest BCUT2D eigenvalue weighted by molar-refractivity contribution is -0.119. The van der Waals surface area contributed by atoms with E-state index in [0.717, 1.165) is 0 Å². The van der Waals surface area contributed by atoms with Crippen LogP contribution < -0.4 is 5.32 Å². The zero-order chi connectivity index (χ0) is 11.6. The molecule has 1 aliphatic rings. The van der Waals surface area contributed by atoms with E-state index in [1.54, 1.807) is 25.3 Å². The Bertz CT molecular complexity index is 281. The molecule has 0 radical (unpaired) electrons. The van der Waals surface area contributed by atoms with Gasteiger partial charge in [-0.15, -0.1) is 0 Å². The number of methoxy groups -OCH3 is 1. The molecular weight excluding hydrogens is 194 g/mol. The van der Waals surface area contributed by atoms with E-state index in [2.05, 4.69) is 5.32 Å². The van der Waals surface area contributed by atoms with Gasteiger partial charge in [0.15, 0.2) is 11.6 Å². The second-order valence-corrected chi connectivity index (χ2v) is 4.42. The maximum absolute atomic E-state index is 7.80.